The fourth-order valence-corrected chi connectivity index (χ4v) is 1.47. The Morgan fingerprint density at radius 2 is 1.86 bits per heavy atom. The summed E-state index contributed by atoms with van der Waals surface area (Å²) in [6, 6.07) is 0. The van der Waals surface area contributed by atoms with Gasteiger partial charge in [0, 0.05) is 6.61 Å². The van der Waals surface area contributed by atoms with Crippen LogP contribution >= 0.6 is 0 Å². The number of rotatable bonds is 0. The largest absolute Gasteiger partial charge is 0.374 e. The lowest BCUT2D eigenvalue weighted by Gasteiger charge is -2.07. The Morgan fingerprint density at radius 1 is 1.21 bits per heavy atom. The standard InChI is InChI=1S/C8H9O2.2C2H6/c1-2-6-5-10-7-3-4-9-8(6)7;2*1-2/h1,7-8H,3-5H2;2*1-2H3/t7-,8-;;/m1../s1. The first-order valence-electron chi connectivity index (χ1n) is 5.47. The summed E-state index contributed by atoms with van der Waals surface area (Å²) < 4.78 is 10.8. The summed E-state index contributed by atoms with van der Waals surface area (Å²) in [5.41, 5.74) is 0. The highest BCUT2D eigenvalue weighted by Gasteiger charge is 2.41. The van der Waals surface area contributed by atoms with Gasteiger partial charge in [-0.25, -0.2) is 0 Å². The molecule has 0 spiro atoms. The lowest BCUT2D eigenvalue weighted by Crippen LogP contribution is -2.19. The molecule has 0 unspecified atom stereocenters. The van der Waals surface area contributed by atoms with Crippen molar-refractivity contribution in [1.82, 2.24) is 0 Å². The molecule has 1 radical (unpaired) electrons. The van der Waals surface area contributed by atoms with Crippen LogP contribution in [0.3, 0.4) is 0 Å². The zero-order chi connectivity index (χ0) is 11.0. The van der Waals surface area contributed by atoms with Gasteiger partial charge in [-0.2, -0.15) is 0 Å². The van der Waals surface area contributed by atoms with Crippen LogP contribution in [0.25, 0.3) is 0 Å². The van der Waals surface area contributed by atoms with Gasteiger partial charge in [0.05, 0.1) is 12.7 Å². The van der Waals surface area contributed by atoms with Gasteiger partial charge in [0.25, 0.3) is 0 Å². The zero-order valence-electron chi connectivity index (χ0n) is 9.67. The zero-order valence-corrected chi connectivity index (χ0v) is 9.67. The van der Waals surface area contributed by atoms with E-state index in [1.807, 2.05) is 27.7 Å². The second kappa shape index (κ2) is 7.84. The molecule has 0 aromatic heterocycles. The highest BCUT2D eigenvalue weighted by atomic mass is 16.6. The number of hydrogen-bond donors (Lipinski definition) is 0. The molecule has 14 heavy (non-hydrogen) atoms. The van der Waals surface area contributed by atoms with Crippen molar-refractivity contribution in [3.05, 3.63) is 5.92 Å². The van der Waals surface area contributed by atoms with Gasteiger partial charge in [0.2, 0.25) is 0 Å². The van der Waals surface area contributed by atoms with Gasteiger partial charge in [-0.1, -0.05) is 33.6 Å². The Kier molecular flexibility index (Phi) is 7.55. The molecule has 0 amide bonds. The lowest BCUT2D eigenvalue weighted by molar-refractivity contribution is 0.0756. The van der Waals surface area contributed by atoms with Gasteiger partial charge in [-0.15, -0.1) is 6.42 Å². The number of hydrogen-bond acceptors (Lipinski definition) is 2. The van der Waals surface area contributed by atoms with Crippen LogP contribution in [0, 0.1) is 18.3 Å². The molecule has 2 fully saturated rings. The molecule has 0 bridgehead atoms. The van der Waals surface area contributed by atoms with E-state index in [4.69, 9.17) is 15.9 Å². The lowest BCUT2D eigenvalue weighted by atomic mass is 10.0. The van der Waals surface area contributed by atoms with Crippen LogP contribution in [0.4, 0.5) is 0 Å². The van der Waals surface area contributed by atoms with Crippen LogP contribution in [0.1, 0.15) is 34.1 Å². The second-order valence-corrected chi connectivity index (χ2v) is 2.60. The van der Waals surface area contributed by atoms with Gasteiger partial charge >= 0.3 is 0 Å². The summed E-state index contributed by atoms with van der Waals surface area (Å²) in [4.78, 5) is 0. The molecule has 0 aromatic rings. The van der Waals surface area contributed by atoms with Gasteiger partial charge in [-0.05, 0) is 6.42 Å². The molecule has 0 aliphatic carbocycles. The van der Waals surface area contributed by atoms with Crippen LogP contribution in [0.15, 0.2) is 0 Å². The fourth-order valence-electron chi connectivity index (χ4n) is 1.47. The molecular weight excluding hydrogens is 176 g/mol. The number of ether oxygens (including phenoxy) is 2. The molecule has 0 N–H and O–H groups in total. The summed E-state index contributed by atoms with van der Waals surface area (Å²) in [7, 11) is 0. The summed E-state index contributed by atoms with van der Waals surface area (Å²) in [6.45, 7) is 9.40. The molecule has 2 nitrogen and oxygen atoms in total. The van der Waals surface area contributed by atoms with E-state index in [2.05, 4.69) is 5.92 Å². The minimum Gasteiger partial charge on any atom is -0.374 e. The van der Waals surface area contributed by atoms with Crippen molar-refractivity contribution in [2.45, 2.75) is 46.3 Å². The fraction of sp³-hybridized carbons (Fsp3) is 0.750. The quantitative estimate of drug-likeness (QED) is 0.555. The van der Waals surface area contributed by atoms with E-state index in [0.717, 1.165) is 18.9 Å². The summed E-state index contributed by atoms with van der Waals surface area (Å²) >= 11 is 0. The minimum atomic E-state index is 0.116. The van der Waals surface area contributed by atoms with Crippen molar-refractivity contribution < 1.29 is 9.47 Å². The van der Waals surface area contributed by atoms with Crippen molar-refractivity contribution in [3.8, 4) is 12.3 Å². The maximum atomic E-state index is 5.38. The molecular formula is C12H21O2. The summed E-state index contributed by atoms with van der Waals surface area (Å²) in [5, 5.41) is 0. The third-order valence-corrected chi connectivity index (χ3v) is 2.02. The number of terminal acetylenes is 1. The average Bonchev–Trinajstić information content (AvgIpc) is 2.85. The van der Waals surface area contributed by atoms with Crippen molar-refractivity contribution in [2.24, 2.45) is 0 Å². The van der Waals surface area contributed by atoms with Crippen molar-refractivity contribution in [3.63, 3.8) is 0 Å². The van der Waals surface area contributed by atoms with Gasteiger partial charge in [0.15, 0.2) is 0 Å². The maximum absolute atomic E-state index is 5.38. The van der Waals surface area contributed by atoms with Crippen LogP contribution in [-0.4, -0.2) is 25.4 Å². The molecule has 2 saturated heterocycles. The first kappa shape index (κ1) is 13.5. The predicted molar refractivity (Wildman–Crippen MR) is 58.9 cm³/mol. The Balaban J connectivity index is 0.000000379. The van der Waals surface area contributed by atoms with Gasteiger partial charge in [0.1, 0.15) is 12.0 Å². The molecule has 2 rings (SSSR count). The van der Waals surface area contributed by atoms with Crippen LogP contribution < -0.4 is 0 Å². The average molecular weight is 197 g/mol. The first-order valence-corrected chi connectivity index (χ1v) is 5.47. The normalized spacial score (nSPS) is 29.1. The molecule has 2 aliphatic heterocycles. The molecule has 2 heteroatoms. The van der Waals surface area contributed by atoms with Crippen molar-refractivity contribution >= 4 is 0 Å². The van der Waals surface area contributed by atoms with E-state index in [1.165, 1.54) is 0 Å². The maximum Gasteiger partial charge on any atom is 0.104 e. The van der Waals surface area contributed by atoms with Crippen molar-refractivity contribution in [1.29, 1.82) is 0 Å². The molecule has 0 aromatic carbocycles. The molecule has 2 heterocycles. The predicted octanol–water partition coefficient (Wildman–Crippen LogP) is 2.43. The minimum absolute atomic E-state index is 0.116. The Labute approximate surface area is 88.0 Å². The third-order valence-electron chi connectivity index (χ3n) is 2.02. The van der Waals surface area contributed by atoms with E-state index in [9.17, 15) is 0 Å². The molecule has 81 valence electrons. The highest BCUT2D eigenvalue weighted by Crippen LogP contribution is 2.31. The summed E-state index contributed by atoms with van der Waals surface area (Å²) in [5.74, 6) is 3.58. The van der Waals surface area contributed by atoms with E-state index in [1.54, 1.807) is 0 Å². The molecule has 0 saturated carbocycles. The van der Waals surface area contributed by atoms with E-state index >= 15 is 0 Å². The number of fused-ring (bicyclic) bond motifs is 1. The van der Waals surface area contributed by atoms with Crippen LogP contribution in [0.2, 0.25) is 0 Å². The van der Waals surface area contributed by atoms with Crippen molar-refractivity contribution in [2.75, 3.05) is 13.2 Å². The third kappa shape index (κ3) is 3.01. The second-order valence-electron chi connectivity index (χ2n) is 2.60. The smallest absolute Gasteiger partial charge is 0.104 e. The Bertz CT molecular complexity index is 172. The summed E-state index contributed by atoms with van der Waals surface area (Å²) in [6.07, 6.45) is 6.61. The van der Waals surface area contributed by atoms with Gasteiger partial charge < -0.3 is 9.47 Å². The Hall–Kier alpha value is -0.520. The molecule has 2 aliphatic rings. The van der Waals surface area contributed by atoms with E-state index in [-0.39, 0.29) is 12.2 Å². The Morgan fingerprint density at radius 3 is 2.43 bits per heavy atom. The molecule has 2 atom stereocenters. The van der Waals surface area contributed by atoms with Crippen LogP contribution in [0.5, 0.6) is 0 Å². The van der Waals surface area contributed by atoms with Gasteiger partial charge in [-0.3, -0.25) is 0 Å². The first-order chi connectivity index (χ1) is 6.92. The topological polar surface area (TPSA) is 18.5 Å². The van der Waals surface area contributed by atoms with E-state index in [0.29, 0.717) is 6.61 Å². The highest BCUT2D eigenvalue weighted by molar-refractivity contribution is 5.26. The monoisotopic (exact) mass is 197 g/mol. The van der Waals surface area contributed by atoms with E-state index < -0.39 is 0 Å². The SMILES string of the molecule is C#C[C]1CO[C@@H]2CCO[C@H]12.CC.CC. The van der Waals surface area contributed by atoms with Crippen LogP contribution in [-0.2, 0) is 9.47 Å².